The first-order chi connectivity index (χ1) is 12.5. The topological polar surface area (TPSA) is 80.7 Å². The monoisotopic (exact) mass is 372 g/mol. The van der Waals surface area contributed by atoms with Crippen molar-refractivity contribution in [2.24, 2.45) is 5.41 Å². The third kappa shape index (κ3) is 3.75. The minimum absolute atomic E-state index is 0.0213. The third-order valence-electron chi connectivity index (χ3n) is 4.46. The summed E-state index contributed by atoms with van der Waals surface area (Å²) in [5, 5.41) is 23.4. The quantitative estimate of drug-likeness (QED) is 0.501. The second-order valence-corrected chi connectivity index (χ2v) is 7.79. The van der Waals surface area contributed by atoms with Crippen molar-refractivity contribution in [1.29, 1.82) is 0 Å². The number of Topliss-reactive ketones (excluding diaryl/α,β-unsaturated/α-hetero) is 2. The van der Waals surface area contributed by atoms with E-state index in [2.05, 4.69) is 0 Å². The maximum absolute atomic E-state index is 13.0. The number of halogens is 1. The van der Waals surface area contributed by atoms with Crippen LogP contribution in [0.2, 0.25) is 0 Å². The molecule has 27 heavy (non-hydrogen) atoms. The molecule has 142 valence electrons. The first-order valence-corrected chi connectivity index (χ1v) is 8.52. The van der Waals surface area contributed by atoms with E-state index in [9.17, 15) is 24.3 Å². The Labute approximate surface area is 156 Å². The van der Waals surface area contributed by atoms with Crippen LogP contribution in [0.25, 0.3) is 0 Å². The van der Waals surface area contributed by atoms with Crippen LogP contribution < -0.4 is 0 Å². The molecule has 0 saturated heterocycles. The summed E-state index contributed by atoms with van der Waals surface area (Å²) in [4.78, 5) is 26.4. The molecule has 7 heteroatoms. The van der Waals surface area contributed by atoms with Crippen LogP contribution in [0, 0.1) is 16.4 Å². The highest BCUT2D eigenvalue weighted by Crippen LogP contribution is 2.32. The zero-order valence-electron chi connectivity index (χ0n) is 15.3. The summed E-state index contributed by atoms with van der Waals surface area (Å²) in [6.07, 6.45) is 3.75. The molecule has 0 aromatic heterocycles. The first-order valence-electron chi connectivity index (χ1n) is 8.52. The Balaban J connectivity index is 1.92. The highest BCUT2D eigenvalue weighted by Gasteiger charge is 2.40. The lowest BCUT2D eigenvalue weighted by atomic mass is 9.82. The number of aliphatic hydroxyl groups is 1. The van der Waals surface area contributed by atoms with Crippen LogP contribution in [-0.2, 0) is 16.1 Å². The van der Waals surface area contributed by atoms with Gasteiger partial charge < -0.3 is 19.9 Å². The van der Waals surface area contributed by atoms with E-state index in [0.29, 0.717) is 5.56 Å². The van der Waals surface area contributed by atoms with Crippen molar-refractivity contribution in [3.63, 3.8) is 0 Å². The fraction of sp³-hybridized carbons (Fsp3) is 0.300. The standard InChI is InChI=1S/C20H21FN2O4/c1-20(2,3)19(26)15-10-22-8-9-23(27,12-16(22)18(25)17(15)24)11-13-4-6-14(21)7-5-13/h4-10,12,18,25H,11H2,1-3H3. The molecule has 0 bridgehead atoms. The number of hydroxylamine groups is 3. The van der Waals surface area contributed by atoms with Gasteiger partial charge in [-0.3, -0.25) is 9.59 Å². The number of rotatable bonds is 3. The van der Waals surface area contributed by atoms with E-state index in [1.54, 1.807) is 20.8 Å². The van der Waals surface area contributed by atoms with E-state index in [1.165, 1.54) is 54.0 Å². The molecule has 0 saturated carbocycles. The number of quaternary nitrogens is 1. The Morgan fingerprint density at radius 1 is 1.30 bits per heavy atom. The van der Waals surface area contributed by atoms with Gasteiger partial charge in [0.05, 0.1) is 11.8 Å². The van der Waals surface area contributed by atoms with Gasteiger partial charge in [-0.25, -0.2) is 4.39 Å². The molecule has 0 fully saturated rings. The van der Waals surface area contributed by atoms with Crippen molar-refractivity contribution >= 4 is 11.6 Å². The molecule has 6 nitrogen and oxygen atoms in total. The van der Waals surface area contributed by atoms with Crippen LogP contribution in [0.15, 0.2) is 60.3 Å². The molecular formula is C20H21FN2O4. The lowest BCUT2D eigenvalue weighted by molar-refractivity contribution is -0.791. The highest BCUT2D eigenvalue weighted by molar-refractivity contribution is 6.24. The Bertz CT molecular complexity index is 880. The van der Waals surface area contributed by atoms with E-state index < -0.39 is 27.8 Å². The van der Waals surface area contributed by atoms with Crippen LogP contribution in [-0.4, -0.2) is 32.3 Å². The number of carbonyl (C=O) groups excluding carboxylic acids is 2. The lowest BCUT2D eigenvalue weighted by Crippen LogP contribution is -2.44. The van der Waals surface area contributed by atoms with Crippen molar-refractivity contribution in [2.75, 3.05) is 0 Å². The Hall–Kier alpha value is -2.61. The summed E-state index contributed by atoms with van der Waals surface area (Å²) in [7, 11) is 0. The fourth-order valence-electron chi connectivity index (χ4n) is 2.97. The van der Waals surface area contributed by atoms with Crippen molar-refractivity contribution in [2.45, 2.75) is 33.4 Å². The Kier molecular flexibility index (Phi) is 4.63. The molecule has 0 radical (unpaired) electrons. The molecule has 2 unspecified atom stereocenters. The fourth-order valence-corrected chi connectivity index (χ4v) is 2.97. The smallest absolute Gasteiger partial charge is 0.202 e. The van der Waals surface area contributed by atoms with E-state index >= 15 is 0 Å². The third-order valence-corrected chi connectivity index (χ3v) is 4.46. The van der Waals surface area contributed by atoms with E-state index in [1.807, 2.05) is 0 Å². The second kappa shape index (κ2) is 6.53. The summed E-state index contributed by atoms with van der Waals surface area (Å²) in [6, 6.07) is 5.55. The molecule has 3 rings (SSSR count). The molecular weight excluding hydrogens is 351 g/mol. The molecule has 2 aliphatic rings. The molecule has 0 aliphatic carbocycles. The van der Waals surface area contributed by atoms with Crippen molar-refractivity contribution < 1.29 is 23.7 Å². The Morgan fingerprint density at radius 3 is 2.52 bits per heavy atom. The molecule has 1 N–H and O–H groups in total. The average Bonchev–Trinajstić information content (AvgIpc) is 2.59. The normalized spacial score (nSPS) is 25.0. The maximum atomic E-state index is 13.0. The maximum Gasteiger partial charge on any atom is 0.202 e. The van der Waals surface area contributed by atoms with Crippen LogP contribution in [0.4, 0.5) is 4.39 Å². The summed E-state index contributed by atoms with van der Waals surface area (Å²) in [5.41, 5.74) is -0.161. The molecule has 2 atom stereocenters. The lowest BCUT2D eigenvalue weighted by Gasteiger charge is -2.42. The predicted molar refractivity (Wildman–Crippen MR) is 96.4 cm³/mol. The predicted octanol–water partition coefficient (Wildman–Crippen LogP) is 2.71. The molecule has 1 aromatic rings. The summed E-state index contributed by atoms with van der Waals surface area (Å²) >= 11 is 0. The van der Waals surface area contributed by atoms with Crippen molar-refractivity contribution in [1.82, 2.24) is 4.90 Å². The van der Waals surface area contributed by atoms with Crippen LogP contribution >= 0.6 is 0 Å². The number of hydrogen-bond donors (Lipinski definition) is 1. The number of nitrogens with zero attached hydrogens (tertiary/aromatic N) is 2. The van der Waals surface area contributed by atoms with Gasteiger partial charge in [0.15, 0.2) is 11.9 Å². The van der Waals surface area contributed by atoms with Crippen molar-refractivity contribution in [3.8, 4) is 0 Å². The average molecular weight is 372 g/mol. The number of fused-ring (bicyclic) bond motifs is 1. The molecule has 0 amide bonds. The number of carbonyl (C=O) groups is 2. The first kappa shape index (κ1) is 19.2. The van der Waals surface area contributed by atoms with Gasteiger partial charge in [-0.15, -0.1) is 0 Å². The highest BCUT2D eigenvalue weighted by atomic mass is 19.1. The molecule has 0 spiro atoms. The van der Waals surface area contributed by atoms with Crippen LogP contribution in [0.3, 0.4) is 0 Å². The Morgan fingerprint density at radius 2 is 1.93 bits per heavy atom. The zero-order chi connectivity index (χ0) is 20.0. The van der Waals surface area contributed by atoms with Gasteiger partial charge in [0, 0.05) is 17.2 Å². The van der Waals surface area contributed by atoms with Crippen LogP contribution in [0.5, 0.6) is 0 Å². The number of hydrogen-bond acceptors (Lipinski definition) is 5. The number of aliphatic hydroxyl groups excluding tert-OH is 1. The van der Waals surface area contributed by atoms with Gasteiger partial charge in [-0.05, 0) is 12.1 Å². The van der Waals surface area contributed by atoms with E-state index in [-0.39, 0.29) is 23.6 Å². The van der Waals surface area contributed by atoms with Gasteiger partial charge in [0.25, 0.3) is 0 Å². The van der Waals surface area contributed by atoms with Gasteiger partial charge in [-0.1, -0.05) is 32.9 Å². The molecule has 2 aliphatic heterocycles. The van der Waals surface area contributed by atoms with Gasteiger partial charge in [0.1, 0.15) is 30.5 Å². The minimum atomic E-state index is -1.60. The minimum Gasteiger partial charge on any atom is -0.622 e. The summed E-state index contributed by atoms with van der Waals surface area (Å²) in [6.45, 7) is 5.05. The second-order valence-electron chi connectivity index (χ2n) is 7.79. The summed E-state index contributed by atoms with van der Waals surface area (Å²) in [5.74, 6) is -1.50. The van der Waals surface area contributed by atoms with E-state index in [0.717, 1.165) is 0 Å². The van der Waals surface area contributed by atoms with Gasteiger partial charge in [0.2, 0.25) is 5.78 Å². The van der Waals surface area contributed by atoms with E-state index in [4.69, 9.17) is 0 Å². The van der Waals surface area contributed by atoms with Crippen LogP contribution in [0.1, 0.15) is 26.3 Å². The summed E-state index contributed by atoms with van der Waals surface area (Å²) < 4.78 is 12.1. The zero-order valence-corrected chi connectivity index (χ0v) is 15.3. The molecule has 1 aromatic carbocycles. The SMILES string of the molecule is CC(C)(C)C(=O)C1=CN2C=C[N+]([O-])(Cc3ccc(F)cc3)C=C2C(O)C1=O. The van der Waals surface area contributed by atoms with Gasteiger partial charge >= 0.3 is 0 Å². The molecule has 2 heterocycles. The van der Waals surface area contributed by atoms with Gasteiger partial charge in [-0.2, -0.15) is 0 Å². The number of ketones is 2. The van der Waals surface area contributed by atoms with Crippen molar-refractivity contribution in [3.05, 3.63) is 76.9 Å². The number of benzene rings is 1. The largest absolute Gasteiger partial charge is 0.622 e.